The number of carbonyl (C=O) groups excluding carboxylic acids is 2. The molecule has 0 aliphatic heterocycles. The molecule has 1 N–H and O–H groups in total. The first-order valence-electron chi connectivity index (χ1n) is 11.6. The molecule has 1 amide bonds. The smallest absolute Gasteiger partial charge is 0.259 e. The first kappa shape index (κ1) is 24.4. The van der Waals surface area contributed by atoms with Gasteiger partial charge in [0.1, 0.15) is 5.78 Å². The molecule has 0 radical (unpaired) electrons. The van der Waals surface area contributed by atoms with Crippen molar-refractivity contribution in [3.8, 4) is 22.5 Å². The van der Waals surface area contributed by atoms with Crippen LogP contribution in [0.3, 0.4) is 0 Å². The van der Waals surface area contributed by atoms with E-state index in [1.54, 1.807) is 40.9 Å². The van der Waals surface area contributed by atoms with E-state index in [2.05, 4.69) is 16.8 Å². The molecule has 2 aromatic heterocycles. The SMILES string of the molecule is CCCCCn1c(-c2ccc(C(=O)NCC(C)=O)cc2)cc(=O)n2cc(-c3ccc(Cl)cc3)nc12. The number of nitrogens with zero attached hydrogens (tertiary/aromatic N) is 3. The van der Waals surface area contributed by atoms with Crippen LogP contribution in [-0.2, 0) is 11.3 Å². The highest BCUT2D eigenvalue weighted by Crippen LogP contribution is 2.25. The third-order valence-corrected chi connectivity index (χ3v) is 6.04. The molecule has 2 aromatic carbocycles. The fourth-order valence-corrected chi connectivity index (χ4v) is 4.06. The Labute approximate surface area is 208 Å². The van der Waals surface area contributed by atoms with Crippen molar-refractivity contribution in [1.82, 2.24) is 19.3 Å². The van der Waals surface area contributed by atoms with Gasteiger partial charge in [0, 0.05) is 35.0 Å². The summed E-state index contributed by atoms with van der Waals surface area (Å²) in [6.45, 7) is 4.26. The van der Waals surface area contributed by atoms with Gasteiger partial charge in [0.25, 0.3) is 11.5 Å². The molecule has 0 aliphatic carbocycles. The lowest BCUT2D eigenvalue weighted by atomic mass is 10.1. The van der Waals surface area contributed by atoms with Gasteiger partial charge in [-0.3, -0.25) is 18.8 Å². The molecule has 0 aliphatic rings. The summed E-state index contributed by atoms with van der Waals surface area (Å²) in [5, 5.41) is 3.23. The first-order chi connectivity index (χ1) is 16.9. The molecule has 7 nitrogen and oxygen atoms in total. The van der Waals surface area contributed by atoms with Crippen LogP contribution >= 0.6 is 11.6 Å². The topological polar surface area (TPSA) is 85.5 Å². The molecule has 0 saturated carbocycles. The number of carbonyl (C=O) groups is 2. The van der Waals surface area contributed by atoms with Gasteiger partial charge in [-0.1, -0.05) is 55.6 Å². The summed E-state index contributed by atoms with van der Waals surface area (Å²) in [6, 6.07) is 16.0. The number of nitrogens with one attached hydrogen (secondary N) is 1. The molecule has 8 heteroatoms. The minimum absolute atomic E-state index is 0.00986. The second-order valence-corrected chi connectivity index (χ2v) is 8.93. The van der Waals surface area contributed by atoms with Crippen molar-refractivity contribution in [3.05, 3.63) is 81.7 Å². The molecule has 35 heavy (non-hydrogen) atoms. The highest BCUT2D eigenvalue weighted by Gasteiger charge is 2.16. The number of hydrogen-bond acceptors (Lipinski definition) is 4. The molecular weight excluding hydrogens is 464 g/mol. The van der Waals surface area contributed by atoms with Crippen LogP contribution in [0.15, 0.2) is 65.6 Å². The van der Waals surface area contributed by atoms with Gasteiger partial charge in [-0.05, 0) is 43.2 Å². The number of imidazole rings is 1. The maximum Gasteiger partial charge on any atom is 0.259 e. The monoisotopic (exact) mass is 490 g/mol. The molecule has 0 spiro atoms. The van der Waals surface area contributed by atoms with E-state index in [0.29, 0.717) is 28.6 Å². The summed E-state index contributed by atoms with van der Waals surface area (Å²) in [4.78, 5) is 41.3. The van der Waals surface area contributed by atoms with Gasteiger partial charge in [-0.25, -0.2) is 4.98 Å². The number of ketones is 1. The van der Waals surface area contributed by atoms with Crippen LogP contribution in [0.5, 0.6) is 0 Å². The summed E-state index contributed by atoms with van der Waals surface area (Å²) in [6.07, 6.45) is 4.82. The maximum atomic E-state index is 13.1. The summed E-state index contributed by atoms with van der Waals surface area (Å²) in [5.74, 6) is 0.136. The zero-order valence-corrected chi connectivity index (χ0v) is 20.5. The second kappa shape index (κ2) is 10.7. The minimum Gasteiger partial charge on any atom is -0.345 e. The van der Waals surface area contributed by atoms with E-state index < -0.39 is 0 Å². The van der Waals surface area contributed by atoms with Crippen molar-refractivity contribution in [2.24, 2.45) is 0 Å². The molecule has 2 heterocycles. The van der Waals surface area contributed by atoms with Crippen LogP contribution < -0.4 is 10.9 Å². The van der Waals surface area contributed by atoms with E-state index in [1.165, 1.54) is 6.92 Å². The molecule has 0 unspecified atom stereocenters. The van der Waals surface area contributed by atoms with E-state index in [4.69, 9.17) is 16.6 Å². The first-order valence-corrected chi connectivity index (χ1v) is 12.0. The number of aryl methyl sites for hydroxylation is 1. The Bertz CT molecular complexity index is 1420. The number of halogens is 1. The molecule has 4 aromatic rings. The van der Waals surface area contributed by atoms with E-state index in [9.17, 15) is 14.4 Å². The molecule has 0 bridgehead atoms. The van der Waals surface area contributed by atoms with Crippen molar-refractivity contribution in [3.63, 3.8) is 0 Å². The number of Topliss-reactive ketones (excluding diaryl/α,β-unsaturated/α-hetero) is 1. The molecular formula is C27H27ClN4O3. The number of hydrogen-bond donors (Lipinski definition) is 1. The van der Waals surface area contributed by atoms with Crippen molar-refractivity contribution in [2.45, 2.75) is 39.7 Å². The third kappa shape index (κ3) is 5.52. The zero-order chi connectivity index (χ0) is 24.9. The van der Waals surface area contributed by atoms with Crippen LogP contribution in [-0.4, -0.2) is 32.2 Å². The quantitative estimate of drug-likeness (QED) is 0.335. The molecule has 0 saturated heterocycles. The van der Waals surface area contributed by atoms with Crippen LogP contribution in [0.4, 0.5) is 0 Å². The Morgan fingerprint density at radius 1 is 1.00 bits per heavy atom. The van der Waals surface area contributed by atoms with Crippen molar-refractivity contribution < 1.29 is 9.59 Å². The Kier molecular flexibility index (Phi) is 7.46. The van der Waals surface area contributed by atoms with E-state index in [-0.39, 0.29) is 23.8 Å². The van der Waals surface area contributed by atoms with Gasteiger partial charge in [0.05, 0.1) is 17.9 Å². The number of fused-ring (bicyclic) bond motifs is 1. The fraction of sp³-hybridized carbons (Fsp3) is 0.259. The van der Waals surface area contributed by atoms with Gasteiger partial charge >= 0.3 is 0 Å². The Balaban J connectivity index is 1.77. The van der Waals surface area contributed by atoms with Crippen LogP contribution in [0, 0.1) is 0 Å². The maximum absolute atomic E-state index is 13.1. The zero-order valence-electron chi connectivity index (χ0n) is 19.8. The second-order valence-electron chi connectivity index (χ2n) is 8.49. The van der Waals surface area contributed by atoms with Crippen LogP contribution in [0.25, 0.3) is 28.3 Å². The fourth-order valence-electron chi connectivity index (χ4n) is 3.93. The summed E-state index contributed by atoms with van der Waals surface area (Å²) in [5.41, 5.74) is 3.38. The summed E-state index contributed by atoms with van der Waals surface area (Å²) < 4.78 is 3.63. The van der Waals surface area contributed by atoms with E-state index in [1.807, 2.05) is 24.3 Å². The normalized spacial score (nSPS) is 11.1. The largest absolute Gasteiger partial charge is 0.345 e. The number of aromatic nitrogens is 3. The number of amides is 1. The van der Waals surface area contributed by atoms with E-state index >= 15 is 0 Å². The Hall–Kier alpha value is -3.71. The highest BCUT2D eigenvalue weighted by molar-refractivity contribution is 6.30. The predicted octanol–water partition coefficient (Wildman–Crippen LogP) is 4.99. The molecule has 180 valence electrons. The van der Waals surface area contributed by atoms with Gasteiger partial charge in [-0.2, -0.15) is 0 Å². The lowest BCUT2D eigenvalue weighted by Crippen LogP contribution is -2.28. The highest BCUT2D eigenvalue weighted by atomic mass is 35.5. The lowest BCUT2D eigenvalue weighted by Gasteiger charge is -2.15. The molecule has 0 atom stereocenters. The summed E-state index contributed by atoms with van der Waals surface area (Å²) >= 11 is 6.03. The average molecular weight is 491 g/mol. The standard InChI is InChI=1S/C27H27ClN4O3/c1-3-4-5-14-31-24(20-6-8-21(9-7-20)26(35)29-16-18(2)33)15-25(34)32-17-23(30-27(31)32)19-10-12-22(28)13-11-19/h6-13,15,17H,3-5,14,16H2,1-2H3,(H,29,35). The average Bonchev–Trinajstić information content (AvgIpc) is 3.30. The Morgan fingerprint density at radius 2 is 1.69 bits per heavy atom. The Morgan fingerprint density at radius 3 is 2.34 bits per heavy atom. The van der Waals surface area contributed by atoms with Crippen molar-refractivity contribution in [1.29, 1.82) is 0 Å². The third-order valence-electron chi connectivity index (χ3n) is 5.78. The van der Waals surface area contributed by atoms with Crippen LogP contribution in [0.2, 0.25) is 5.02 Å². The number of rotatable bonds is 9. The minimum atomic E-state index is -0.316. The summed E-state index contributed by atoms with van der Waals surface area (Å²) in [7, 11) is 0. The van der Waals surface area contributed by atoms with Gasteiger partial charge in [-0.15, -0.1) is 0 Å². The van der Waals surface area contributed by atoms with Crippen molar-refractivity contribution in [2.75, 3.05) is 6.54 Å². The predicted molar refractivity (Wildman–Crippen MR) is 138 cm³/mol. The van der Waals surface area contributed by atoms with E-state index in [0.717, 1.165) is 36.1 Å². The van der Waals surface area contributed by atoms with Crippen LogP contribution in [0.1, 0.15) is 43.5 Å². The van der Waals surface area contributed by atoms with Gasteiger partial charge < -0.3 is 9.88 Å². The van der Waals surface area contributed by atoms with Gasteiger partial charge in [0.15, 0.2) is 0 Å². The molecule has 0 fully saturated rings. The number of unbranched alkanes of at least 4 members (excludes halogenated alkanes) is 2. The van der Waals surface area contributed by atoms with Crippen molar-refractivity contribution >= 4 is 29.1 Å². The lowest BCUT2D eigenvalue weighted by molar-refractivity contribution is -0.116. The molecule has 4 rings (SSSR count). The van der Waals surface area contributed by atoms with Gasteiger partial charge in [0.2, 0.25) is 5.78 Å². The number of benzene rings is 2.